The smallest absolute Gasteiger partial charge is 0.341 e. The van der Waals surface area contributed by atoms with Crippen molar-refractivity contribution in [3.63, 3.8) is 0 Å². The Balaban J connectivity index is 1.62. The molecule has 12 heteroatoms. The third-order valence-corrected chi connectivity index (χ3v) is 9.87. The van der Waals surface area contributed by atoms with Crippen LogP contribution in [0.5, 0.6) is 0 Å². The molecule has 0 bridgehead atoms. The molecule has 0 aliphatic heterocycles. The number of sulfone groups is 1. The fourth-order valence-corrected chi connectivity index (χ4v) is 6.98. The van der Waals surface area contributed by atoms with Crippen LogP contribution in [-0.4, -0.2) is 47.4 Å². The molecule has 0 radical (unpaired) electrons. The number of esters is 1. The fraction of sp³-hybridized carbons (Fsp3) is 0.259. The molecule has 0 fully saturated rings. The summed E-state index contributed by atoms with van der Waals surface area (Å²) in [5.74, 6) is -0.997. The van der Waals surface area contributed by atoms with Crippen LogP contribution in [-0.2, 0) is 25.1 Å². The van der Waals surface area contributed by atoms with E-state index in [4.69, 9.17) is 4.74 Å². The van der Waals surface area contributed by atoms with E-state index in [0.717, 1.165) is 27.8 Å². The number of para-hydroxylation sites is 1. The van der Waals surface area contributed by atoms with Gasteiger partial charge in [-0.15, -0.1) is 21.5 Å². The van der Waals surface area contributed by atoms with Crippen LogP contribution >= 0.6 is 23.1 Å². The zero-order valence-electron chi connectivity index (χ0n) is 22.1. The van der Waals surface area contributed by atoms with Crippen LogP contribution in [0.25, 0.3) is 5.69 Å². The van der Waals surface area contributed by atoms with Crippen molar-refractivity contribution in [3.05, 3.63) is 82.0 Å². The standard InChI is InChI=1S/C27H28N4O5S3/c1-16-11-13-21(14-12-16)39(34,35)15-22-29-30-27(31(22)20-9-7-6-8-10-20)38-19(4)24(32)28-25-23(26(33)36-5)17(2)18(3)37-25/h6-14,19H,15H2,1-5H3,(H,28,32). The summed E-state index contributed by atoms with van der Waals surface area (Å²) >= 11 is 2.44. The van der Waals surface area contributed by atoms with E-state index in [1.807, 2.05) is 44.2 Å². The molecule has 1 N–H and O–H groups in total. The summed E-state index contributed by atoms with van der Waals surface area (Å²) in [6, 6.07) is 15.8. The molecule has 204 valence electrons. The average molecular weight is 585 g/mol. The molecule has 9 nitrogen and oxygen atoms in total. The second kappa shape index (κ2) is 11.7. The van der Waals surface area contributed by atoms with E-state index in [0.29, 0.717) is 21.4 Å². The molecule has 39 heavy (non-hydrogen) atoms. The summed E-state index contributed by atoms with van der Waals surface area (Å²) < 4.78 is 32.9. The van der Waals surface area contributed by atoms with Crippen LogP contribution in [0.3, 0.4) is 0 Å². The van der Waals surface area contributed by atoms with E-state index < -0.39 is 21.1 Å². The van der Waals surface area contributed by atoms with Crippen molar-refractivity contribution in [2.24, 2.45) is 0 Å². The predicted octanol–water partition coefficient (Wildman–Crippen LogP) is 5.13. The monoisotopic (exact) mass is 584 g/mol. The molecule has 0 saturated carbocycles. The number of hydrogen-bond donors (Lipinski definition) is 1. The first-order valence-electron chi connectivity index (χ1n) is 12.0. The van der Waals surface area contributed by atoms with E-state index in [1.54, 1.807) is 42.7 Å². The molecule has 1 atom stereocenters. The van der Waals surface area contributed by atoms with Gasteiger partial charge < -0.3 is 10.1 Å². The van der Waals surface area contributed by atoms with Crippen molar-refractivity contribution in [1.82, 2.24) is 14.8 Å². The third-order valence-electron chi connectivity index (χ3n) is 6.08. The number of anilines is 1. The predicted molar refractivity (Wildman–Crippen MR) is 153 cm³/mol. The van der Waals surface area contributed by atoms with E-state index in [1.165, 1.54) is 18.4 Å². The summed E-state index contributed by atoms with van der Waals surface area (Å²) in [7, 11) is -2.41. The van der Waals surface area contributed by atoms with Gasteiger partial charge in [0.2, 0.25) is 5.91 Å². The van der Waals surface area contributed by atoms with Gasteiger partial charge in [0.05, 0.1) is 22.8 Å². The number of amides is 1. The summed E-state index contributed by atoms with van der Waals surface area (Å²) in [6.45, 7) is 7.27. The largest absolute Gasteiger partial charge is 0.465 e. The SMILES string of the molecule is COC(=O)c1c(NC(=O)C(C)Sc2nnc(CS(=O)(=O)c3ccc(C)cc3)n2-c2ccccc2)sc(C)c1C. The molecule has 2 aromatic carbocycles. The van der Waals surface area contributed by atoms with Gasteiger partial charge in [-0.3, -0.25) is 9.36 Å². The molecule has 2 heterocycles. The molecule has 0 saturated heterocycles. The number of nitrogens with one attached hydrogen (secondary N) is 1. The number of carbonyl (C=O) groups is 2. The zero-order valence-corrected chi connectivity index (χ0v) is 24.5. The number of hydrogen-bond acceptors (Lipinski definition) is 9. The van der Waals surface area contributed by atoms with Crippen molar-refractivity contribution in [1.29, 1.82) is 0 Å². The molecule has 2 aromatic heterocycles. The van der Waals surface area contributed by atoms with Gasteiger partial charge in [0, 0.05) is 10.6 Å². The van der Waals surface area contributed by atoms with Crippen molar-refractivity contribution < 1.29 is 22.7 Å². The van der Waals surface area contributed by atoms with Crippen LogP contribution in [0.4, 0.5) is 5.00 Å². The molecular weight excluding hydrogens is 557 g/mol. The molecule has 0 aliphatic rings. The Bertz CT molecular complexity index is 1610. The van der Waals surface area contributed by atoms with Crippen molar-refractivity contribution in [2.75, 3.05) is 12.4 Å². The highest BCUT2D eigenvalue weighted by Crippen LogP contribution is 2.34. The summed E-state index contributed by atoms with van der Waals surface area (Å²) in [4.78, 5) is 26.6. The van der Waals surface area contributed by atoms with Crippen LogP contribution < -0.4 is 5.32 Å². The minimum absolute atomic E-state index is 0.195. The van der Waals surface area contributed by atoms with Crippen molar-refractivity contribution in [2.45, 2.75) is 48.7 Å². The van der Waals surface area contributed by atoms with Gasteiger partial charge in [-0.25, -0.2) is 13.2 Å². The third kappa shape index (κ3) is 6.23. The maximum absolute atomic E-state index is 13.2. The summed E-state index contributed by atoms with van der Waals surface area (Å²) in [5, 5.41) is 11.4. The Labute approximate surface area is 235 Å². The number of carbonyl (C=O) groups excluding carboxylic acids is 2. The number of nitrogens with zero attached hydrogens (tertiary/aromatic N) is 3. The minimum atomic E-state index is -3.70. The first kappa shape index (κ1) is 28.5. The molecule has 1 unspecified atom stereocenters. The Morgan fingerprint density at radius 2 is 1.72 bits per heavy atom. The zero-order chi connectivity index (χ0) is 28.3. The maximum Gasteiger partial charge on any atom is 0.341 e. The lowest BCUT2D eigenvalue weighted by atomic mass is 10.1. The summed E-state index contributed by atoms with van der Waals surface area (Å²) in [5.41, 5.74) is 2.72. The van der Waals surface area contributed by atoms with Gasteiger partial charge in [0.1, 0.15) is 10.8 Å². The summed E-state index contributed by atoms with van der Waals surface area (Å²) in [6.07, 6.45) is 0. The maximum atomic E-state index is 13.2. The Hall–Kier alpha value is -3.48. The highest BCUT2D eigenvalue weighted by atomic mass is 32.2. The van der Waals surface area contributed by atoms with Gasteiger partial charge in [0.15, 0.2) is 20.8 Å². The lowest BCUT2D eigenvalue weighted by Crippen LogP contribution is -2.23. The second-order valence-electron chi connectivity index (χ2n) is 8.87. The van der Waals surface area contributed by atoms with Crippen LogP contribution in [0.1, 0.15) is 39.1 Å². The van der Waals surface area contributed by atoms with Crippen LogP contribution in [0, 0.1) is 20.8 Å². The van der Waals surface area contributed by atoms with E-state index in [-0.39, 0.29) is 22.4 Å². The lowest BCUT2D eigenvalue weighted by Gasteiger charge is -2.14. The topological polar surface area (TPSA) is 120 Å². The molecule has 1 amide bonds. The molecule has 0 spiro atoms. The minimum Gasteiger partial charge on any atom is -0.465 e. The van der Waals surface area contributed by atoms with Crippen LogP contribution in [0.15, 0.2) is 64.6 Å². The lowest BCUT2D eigenvalue weighted by molar-refractivity contribution is -0.115. The Morgan fingerprint density at radius 3 is 2.36 bits per heavy atom. The number of benzene rings is 2. The number of rotatable bonds is 9. The normalized spacial score (nSPS) is 12.2. The van der Waals surface area contributed by atoms with E-state index in [9.17, 15) is 18.0 Å². The highest BCUT2D eigenvalue weighted by Gasteiger charge is 2.27. The van der Waals surface area contributed by atoms with E-state index in [2.05, 4.69) is 15.5 Å². The number of thioether (sulfide) groups is 1. The average Bonchev–Trinajstić information content (AvgIpc) is 3.42. The number of aryl methyl sites for hydroxylation is 2. The van der Waals surface area contributed by atoms with Crippen molar-refractivity contribution >= 4 is 49.8 Å². The Kier molecular flexibility index (Phi) is 8.57. The van der Waals surface area contributed by atoms with Gasteiger partial charge in [-0.05, 0) is 57.5 Å². The second-order valence-corrected chi connectivity index (χ2v) is 13.4. The van der Waals surface area contributed by atoms with Gasteiger partial charge >= 0.3 is 5.97 Å². The molecular formula is C27H28N4O5S3. The molecule has 0 aliphatic carbocycles. The van der Waals surface area contributed by atoms with Gasteiger partial charge in [-0.2, -0.15) is 0 Å². The highest BCUT2D eigenvalue weighted by molar-refractivity contribution is 8.00. The first-order chi connectivity index (χ1) is 18.5. The number of methoxy groups -OCH3 is 1. The molecule has 4 aromatic rings. The van der Waals surface area contributed by atoms with E-state index >= 15 is 0 Å². The molecule has 4 rings (SSSR count). The van der Waals surface area contributed by atoms with Crippen LogP contribution in [0.2, 0.25) is 0 Å². The number of aromatic nitrogens is 3. The number of thiophene rings is 1. The van der Waals surface area contributed by atoms with Gasteiger partial charge in [0.25, 0.3) is 0 Å². The fourth-order valence-electron chi connectivity index (χ4n) is 3.79. The van der Waals surface area contributed by atoms with Gasteiger partial charge in [-0.1, -0.05) is 47.7 Å². The Morgan fingerprint density at radius 1 is 1.05 bits per heavy atom. The van der Waals surface area contributed by atoms with Crippen molar-refractivity contribution in [3.8, 4) is 5.69 Å². The number of ether oxygens (including phenoxy) is 1. The quantitative estimate of drug-likeness (QED) is 0.212. The first-order valence-corrected chi connectivity index (χ1v) is 15.3.